The number of benzene rings is 1. The Morgan fingerprint density at radius 1 is 1.33 bits per heavy atom. The first-order chi connectivity index (χ1) is 13.0. The Bertz CT molecular complexity index is 756. The molecule has 27 heavy (non-hydrogen) atoms. The average Bonchev–Trinajstić information content (AvgIpc) is 3.36. The van der Waals surface area contributed by atoms with Gasteiger partial charge in [-0.25, -0.2) is 4.98 Å². The van der Waals surface area contributed by atoms with Gasteiger partial charge in [0, 0.05) is 37.5 Å². The fraction of sp³-hybridized carbons (Fsp3) is 0.500. The second-order valence-corrected chi connectivity index (χ2v) is 8.05. The first-order valence-corrected chi connectivity index (χ1v) is 10.1. The number of thiazole rings is 1. The van der Waals surface area contributed by atoms with Crippen LogP contribution >= 0.6 is 11.3 Å². The van der Waals surface area contributed by atoms with Crippen molar-refractivity contribution in [1.82, 2.24) is 15.2 Å². The molecule has 6 nitrogen and oxygen atoms in total. The minimum absolute atomic E-state index is 0.0788. The van der Waals surface area contributed by atoms with Crippen LogP contribution in [0.4, 0.5) is 5.13 Å². The number of carbonyl (C=O) groups excluding carboxylic acids is 1. The Labute approximate surface area is 165 Å². The van der Waals surface area contributed by atoms with Gasteiger partial charge in [-0.2, -0.15) is 0 Å². The summed E-state index contributed by atoms with van der Waals surface area (Å²) >= 11 is 1.55. The number of methoxy groups -OCH3 is 1. The number of rotatable bonds is 9. The predicted octanol–water partition coefficient (Wildman–Crippen LogP) is 3.06. The van der Waals surface area contributed by atoms with E-state index in [0.29, 0.717) is 12.6 Å². The van der Waals surface area contributed by atoms with Crippen LogP contribution in [0.3, 0.4) is 0 Å². The molecule has 1 N–H and O–H groups in total. The molecule has 0 radical (unpaired) electrons. The molecule has 0 spiro atoms. The lowest BCUT2D eigenvalue weighted by molar-refractivity contribution is -0.116. The quantitative estimate of drug-likeness (QED) is 0.715. The van der Waals surface area contributed by atoms with E-state index < -0.39 is 0 Å². The Morgan fingerprint density at radius 3 is 2.59 bits per heavy atom. The van der Waals surface area contributed by atoms with E-state index in [1.165, 1.54) is 5.56 Å². The van der Waals surface area contributed by atoms with Crippen LogP contribution in [-0.4, -0.2) is 49.6 Å². The second-order valence-electron chi connectivity index (χ2n) is 7.21. The lowest BCUT2D eigenvalue weighted by Crippen LogP contribution is -2.31. The van der Waals surface area contributed by atoms with Gasteiger partial charge in [0.1, 0.15) is 5.75 Å². The van der Waals surface area contributed by atoms with E-state index >= 15 is 0 Å². The highest BCUT2D eigenvalue weighted by Crippen LogP contribution is 2.33. The number of hydrogen-bond acceptors (Lipinski definition) is 6. The average molecular weight is 389 g/mol. The smallest absolute Gasteiger partial charge is 0.225 e. The number of anilines is 1. The largest absolute Gasteiger partial charge is 0.497 e. The molecule has 0 saturated heterocycles. The predicted molar refractivity (Wildman–Crippen MR) is 109 cm³/mol. The maximum Gasteiger partial charge on any atom is 0.225 e. The molecule has 3 rings (SSSR count). The summed E-state index contributed by atoms with van der Waals surface area (Å²) in [6.45, 7) is 3.16. The van der Waals surface area contributed by atoms with Crippen LogP contribution in [0.5, 0.6) is 5.75 Å². The van der Waals surface area contributed by atoms with Crippen LogP contribution < -0.4 is 15.0 Å². The van der Waals surface area contributed by atoms with Crippen molar-refractivity contribution in [1.29, 1.82) is 0 Å². The summed E-state index contributed by atoms with van der Waals surface area (Å²) < 4.78 is 5.26. The van der Waals surface area contributed by atoms with Crippen LogP contribution in [0.25, 0.3) is 0 Å². The number of nitrogens with zero attached hydrogens (tertiary/aromatic N) is 3. The molecule has 1 unspecified atom stereocenters. The summed E-state index contributed by atoms with van der Waals surface area (Å²) in [6.07, 6.45) is 2.16. The third-order valence-electron chi connectivity index (χ3n) is 4.59. The van der Waals surface area contributed by atoms with Crippen LogP contribution in [0.1, 0.15) is 37.1 Å². The Morgan fingerprint density at radius 2 is 2.04 bits per heavy atom. The number of amides is 1. The molecule has 7 heteroatoms. The van der Waals surface area contributed by atoms with Crippen molar-refractivity contribution in [3.05, 3.63) is 40.9 Å². The normalized spacial score (nSPS) is 15.0. The molecule has 1 fully saturated rings. The van der Waals surface area contributed by atoms with Crippen molar-refractivity contribution in [3.8, 4) is 5.75 Å². The van der Waals surface area contributed by atoms with Gasteiger partial charge in [-0.1, -0.05) is 12.1 Å². The SMILES string of the molecule is COc1ccc(C(CN(C)C)NCc2csc(N(C(C)=O)C3CC3)n2)cc1. The molecule has 0 aliphatic heterocycles. The zero-order chi connectivity index (χ0) is 19.4. The topological polar surface area (TPSA) is 57.7 Å². The number of carbonyl (C=O) groups is 1. The van der Waals surface area contributed by atoms with Gasteiger partial charge in [0.25, 0.3) is 0 Å². The molecule has 1 amide bonds. The fourth-order valence-electron chi connectivity index (χ4n) is 3.09. The minimum atomic E-state index is 0.0788. The molecule has 0 bridgehead atoms. The van der Waals surface area contributed by atoms with Crippen LogP contribution in [0.2, 0.25) is 0 Å². The van der Waals surface area contributed by atoms with Crippen LogP contribution in [0.15, 0.2) is 29.6 Å². The molecule has 146 valence electrons. The molecule has 1 aliphatic carbocycles. The zero-order valence-corrected chi connectivity index (χ0v) is 17.3. The molecular formula is C20H28N4O2S. The molecule has 1 aromatic carbocycles. The molecule has 1 aliphatic rings. The molecular weight excluding hydrogens is 360 g/mol. The van der Waals surface area contributed by atoms with Crippen molar-refractivity contribution < 1.29 is 9.53 Å². The molecule has 1 atom stereocenters. The Kier molecular flexibility index (Phi) is 6.46. The summed E-state index contributed by atoms with van der Waals surface area (Å²) in [5, 5.41) is 6.46. The van der Waals surface area contributed by atoms with Crippen LogP contribution in [0, 0.1) is 0 Å². The molecule has 2 aromatic rings. The zero-order valence-electron chi connectivity index (χ0n) is 16.4. The maximum atomic E-state index is 11.9. The van der Waals surface area contributed by atoms with E-state index in [9.17, 15) is 4.79 Å². The van der Waals surface area contributed by atoms with Crippen molar-refractivity contribution in [3.63, 3.8) is 0 Å². The van der Waals surface area contributed by atoms with E-state index in [1.54, 1.807) is 25.4 Å². The van der Waals surface area contributed by atoms with Crippen molar-refractivity contribution >= 4 is 22.4 Å². The standard InChI is InChI=1S/C20H28N4O2S/c1-14(25)24(17-7-8-17)20-22-16(13-27-20)11-21-19(12-23(2)3)15-5-9-18(26-4)10-6-15/h5-6,9-10,13,17,19,21H,7-8,11-12H2,1-4H3. The van der Waals surface area contributed by atoms with Crippen LogP contribution in [-0.2, 0) is 11.3 Å². The summed E-state index contributed by atoms with van der Waals surface area (Å²) in [5.41, 5.74) is 2.18. The number of nitrogens with one attached hydrogen (secondary N) is 1. The summed E-state index contributed by atoms with van der Waals surface area (Å²) in [5.74, 6) is 0.936. The summed E-state index contributed by atoms with van der Waals surface area (Å²) in [6, 6.07) is 8.69. The monoisotopic (exact) mass is 388 g/mol. The number of hydrogen-bond donors (Lipinski definition) is 1. The second kappa shape index (κ2) is 8.82. The lowest BCUT2D eigenvalue weighted by Gasteiger charge is -2.23. The first-order valence-electron chi connectivity index (χ1n) is 9.24. The van der Waals surface area contributed by atoms with Gasteiger partial charge < -0.3 is 15.0 Å². The molecule has 1 aromatic heterocycles. The Hall–Kier alpha value is -1.96. The van der Waals surface area contributed by atoms with Crippen molar-refractivity contribution in [2.75, 3.05) is 32.6 Å². The number of aromatic nitrogens is 1. The van der Waals surface area contributed by atoms with E-state index in [-0.39, 0.29) is 11.9 Å². The Balaban J connectivity index is 1.67. The highest BCUT2D eigenvalue weighted by Gasteiger charge is 2.33. The number of ether oxygens (including phenoxy) is 1. The van der Waals surface area contributed by atoms with Gasteiger partial charge in [0.2, 0.25) is 5.91 Å². The van der Waals surface area contributed by atoms with Gasteiger partial charge in [-0.3, -0.25) is 9.69 Å². The van der Waals surface area contributed by atoms with Crippen molar-refractivity contribution in [2.24, 2.45) is 0 Å². The summed E-state index contributed by atoms with van der Waals surface area (Å²) in [4.78, 5) is 20.6. The highest BCUT2D eigenvalue weighted by atomic mass is 32.1. The lowest BCUT2D eigenvalue weighted by atomic mass is 10.1. The fourth-order valence-corrected chi connectivity index (χ4v) is 4.02. The van der Waals surface area contributed by atoms with Gasteiger partial charge >= 0.3 is 0 Å². The maximum absolute atomic E-state index is 11.9. The third-order valence-corrected chi connectivity index (χ3v) is 5.48. The number of likely N-dealkylation sites (N-methyl/N-ethyl adjacent to an activating group) is 1. The van der Waals surface area contributed by atoms with Crippen molar-refractivity contribution in [2.45, 2.75) is 38.4 Å². The first kappa shape index (κ1) is 19.8. The van der Waals surface area contributed by atoms with Gasteiger partial charge in [-0.05, 0) is 44.6 Å². The van der Waals surface area contributed by atoms with E-state index in [4.69, 9.17) is 9.72 Å². The van der Waals surface area contributed by atoms with Gasteiger partial charge in [0.05, 0.1) is 12.8 Å². The van der Waals surface area contributed by atoms with E-state index in [2.05, 4.69) is 36.4 Å². The van der Waals surface area contributed by atoms with E-state index in [1.807, 2.05) is 22.4 Å². The highest BCUT2D eigenvalue weighted by molar-refractivity contribution is 7.14. The molecule has 1 saturated carbocycles. The van der Waals surface area contributed by atoms with E-state index in [0.717, 1.165) is 36.0 Å². The van der Waals surface area contributed by atoms with Gasteiger partial charge in [-0.15, -0.1) is 11.3 Å². The molecule has 1 heterocycles. The van der Waals surface area contributed by atoms with Gasteiger partial charge in [0.15, 0.2) is 5.13 Å². The minimum Gasteiger partial charge on any atom is -0.497 e. The third kappa shape index (κ3) is 5.28. The summed E-state index contributed by atoms with van der Waals surface area (Å²) in [7, 11) is 5.81.